The standard InChI is InChI=1S/C11H15N3O3S/c1-2-8(6-3-4-6)17-14-9(10(15)16)7-5-18-11(12)13-7/h5-6,8H,2-4H2,1H3,(H2,12,13)(H,15,16). The Morgan fingerprint density at radius 2 is 2.50 bits per heavy atom. The molecule has 0 aliphatic heterocycles. The molecule has 1 aliphatic carbocycles. The van der Waals surface area contributed by atoms with Gasteiger partial charge in [-0.3, -0.25) is 0 Å². The van der Waals surface area contributed by atoms with Gasteiger partial charge in [0.25, 0.3) is 0 Å². The third-order valence-corrected chi connectivity index (χ3v) is 3.47. The molecule has 1 aromatic heterocycles. The summed E-state index contributed by atoms with van der Waals surface area (Å²) < 4.78 is 0. The fraction of sp³-hybridized carbons (Fsp3) is 0.545. The number of rotatable bonds is 6. The van der Waals surface area contributed by atoms with E-state index in [1.54, 1.807) is 5.38 Å². The number of aromatic nitrogens is 1. The Bertz CT molecular complexity index is 468. The van der Waals surface area contributed by atoms with Crippen molar-refractivity contribution in [1.29, 1.82) is 0 Å². The van der Waals surface area contributed by atoms with E-state index < -0.39 is 5.97 Å². The molecule has 0 saturated heterocycles. The van der Waals surface area contributed by atoms with Crippen LogP contribution in [0.1, 0.15) is 31.9 Å². The van der Waals surface area contributed by atoms with Crippen LogP contribution in [0.25, 0.3) is 0 Å². The molecule has 1 unspecified atom stereocenters. The number of nitrogens with two attached hydrogens (primary N) is 1. The highest BCUT2D eigenvalue weighted by molar-refractivity contribution is 7.13. The lowest BCUT2D eigenvalue weighted by Crippen LogP contribution is -2.18. The number of nitrogens with zero attached hydrogens (tertiary/aromatic N) is 2. The van der Waals surface area contributed by atoms with Gasteiger partial charge in [0.1, 0.15) is 11.8 Å². The number of carboxylic acids is 1. The van der Waals surface area contributed by atoms with Crippen LogP contribution in [0, 0.1) is 5.92 Å². The Kier molecular flexibility index (Phi) is 3.81. The van der Waals surface area contributed by atoms with Gasteiger partial charge in [-0.1, -0.05) is 12.1 Å². The number of carboxylic acid groups (broad SMARTS) is 1. The molecule has 7 heteroatoms. The molecule has 0 radical (unpaired) electrons. The average Bonchev–Trinajstić information content (AvgIpc) is 3.07. The van der Waals surface area contributed by atoms with E-state index in [0.29, 0.717) is 11.0 Å². The average molecular weight is 269 g/mol. The quantitative estimate of drug-likeness (QED) is 0.605. The van der Waals surface area contributed by atoms with E-state index in [-0.39, 0.29) is 17.5 Å². The number of nitrogen functional groups attached to an aromatic ring is 1. The van der Waals surface area contributed by atoms with E-state index in [9.17, 15) is 4.79 Å². The highest BCUT2D eigenvalue weighted by Crippen LogP contribution is 2.35. The third-order valence-electron chi connectivity index (χ3n) is 2.80. The zero-order valence-corrected chi connectivity index (χ0v) is 10.8. The normalized spacial score (nSPS) is 17.5. The largest absolute Gasteiger partial charge is 0.476 e. The number of thiazole rings is 1. The van der Waals surface area contributed by atoms with Crippen molar-refractivity contribution in [3.05, 3.63) is 11.1 Å². The molecule has 1 aromatic rings. The van der Waals surface area contributed by atoms with Gasteiger partial charge >= 0.3 is 5.97 Å². The summed E-state index contributed by atoms with van der Waals surface area (Å²) in [5.41, 5.74) is 5.53. The van der Waals surface area contributed by atoms with E-state index >= 15 is 0 Å². The maximum Gasteiger partial charge on any atom is 0.360 e. The number of hydrogen-bond acceptors (Lipinski definition) is 6. The summed E-state index contributed by atoms with van der Waals surface area (Å²) in [6.07, 6.45) is 3.07. The Morgan fingerprint density at radius 1 is 1.78 bits per heavy atom. The fourth-order valence-electron chi connectivity index (χ4n) is 1.67. The van der Waals surface area contributed by atoms with Crippen molar-refractivity contribution in [2.45, 2.75) is 32.3 Å². The smallest absolute Gasteiger partial charge is 0.360 e. The first kappa shape index (κ1) is 12.8. The van der Waals surface area contributed by atoms with Crippen LogP contribution in [0.15, 0.2) is 10.5 Å². The van der Waals surface area contributed by atoms with Crippen molar-refractivity contribution in [3.8, 4) is 0 Å². The number of hydrogen-bond donors (Lipinski definition) is 2. The van der Waals surface area contributed by atoms with Crippen molar-refractivity contribution < 1.29 is 14.7 Å². The topological polar surface area (TPSA) is 97.8 Å². The summed E-state index contributed by atoms with van der Waals surface area (Å²) in [5, 5.41) is 14.7. The monoisotopic (exact) mass is 269 g/mol. The molecule has 0 bridgehead atoms. The summed E-state index contributed by atoms with van der Waals surface area (Å²) in [5.74, 6) is -0.653. The van der Waals surface area contributed by atoms with Crippen LogP contribution in [0.3, 0.4) is 0 Å². The summed E-state index contributed by atoms with van der Waals surface area (Å²) in [6, 6.07) is 0. The minimum absolute atomic E-state index is 0.00432. The zero-order valence-electron chi connectivity index (χ0n) is 10.00. The zero-order chi connectivity index (χ0) is 13.1. The molecule has 1 fully saturated rings. The summed E-state index contributed by atoms with van der Waals surface area (Å²) in [4.78, 5) is 20.3. The fourth-order valence-corrected chi connectivity index (χ4v) is 2.22. The molecule has 98 valence electrons. The van der Waals surface area contributed by atoms with Crippen molar-refractivity contribution in [3.63, 3.8) is 0 Å². The van der Waals surface area contributed by atoms with Gasteiger partial charge in [0.2, 0.25) is 5.71 Å². The molecule has 0 amide bonds. The molecule has 1 atom stereocenters. The Hall–Kier alpha value is -1.63. The lowest BCUT2D eigenvalue weighted by molar-refractivity contribution is -0.129. The van der Waals surface area contributed by atoms with E-state index in [0.717, 1.165) is 19.3 Å². The van der Waals surface area contributed by atoms with Crippen molar-refractivity contribution in [2.75, 3.05) is 5.73 Å². The third kappa shape index (κ3) is 2.98. The van der Waals surface area contributed by atoms with E-state index in [2.05, 4.69) is 10.1 Å². The molecule has 1 saturated carbocycles. The molecular weight excluding hydrogens is 254 g/mol. The number of oxime groups is 1. The highest BCUT2D eigenvalue weighted by Gasteiger charge is 2.32. The number of aliphatic carboxylic acids is 1. The SMILES string of the molecule is CCC(ON=C(C(=O)O)c1csc(N)n1)C1CC1. The predicted octanol–water partition coefficient (Wildman–Crippen LogP) is 1.72. The van der Waals surface area contributed by atoms with Crippen LogP contribution in [-0.2, 0) is 9.63 Å². The summed E-state index contributed by atoms with van der Waals surface area (Å²) >= 11 is 1.18. The Balaban J connectivity index is 2.11. The van der Waals surface area contributed by atoms with E-state index in [1.165, 1.54) is 11.3 Å². The molecular formula is C11H15N3O3S. The van der Waals surface area contributed by atoms with Gasteiger partial charge in [0.05, 0.1) is 0 Å². The van der Waals surface area contributed by atoms with Crippen LogP contribution in [-0.4, -0.2) is 27.9 Å². The van der Waals surface area contributed by atoms with Crippen molar-refractivity contribution >= 4 is 28.1 Å². The second-order valence-corrected chi connectivity index (χ2v) is 5.10. The van der Waals surface area contributed by atoms with Crippen LogP contribution >= 0.6 is 11.3 Å². The molecule has 0 aromatic carbocycles. The second-order valence-electron chi connectivity index (χ2n) is 4.21. The minimum atomic E-state index is -1.16. The van der Waals surface area contributed by atoms with Gasteiger partial charge in [-0.05, 0) is 25.2 Å². The molecule has 1 aliphatic rings. The van der Waals surface area contributed by atoms with Gasteiger partial charge in [0, 0.05) is 5.38 Å². The first-order valence-corrected chi connectivity index (χ1v) is 6.68. The Morgan fingerprint density at radius 3 is 2.94 bits per heavy atom. The number of anilines is 1. The minimum Gasteiger partial charge on any atom is -0.476 e. The lowest BCUT2D eigenvalue weighted by Gasteiger charge is -2.11. The molecule has 3 N–H and O–H groups in total. The van der Waals surface area contributed by atoms with Crippen LogP contribution < -0.4 is 5.73 Å². The van der Waals surface area contributed by atoms with Crippen molar-refractivity contribution in [2.24, 2.45) is 11.1 Å². The van der Waals surface area contributed by atoms with Crippen LogP contribution in [0.2, 0.25) is 0 Å². The van der Waals surface area contributed by atoms with Gasteiger partial charge < -0.3 is 15.7 Å². The first-order chi connectivity index (χ1) is 8.61. The molecule has 0 spiro atoms. The van der Waals surface area contributed by atoms with Crippen LogP contribution in [0.4, 0.5) is 5.13 Å². The van der Waals surface area contributed by atoms with Gasteiger partial charge in [-0.25, -0.2) is 9.78 Å². The van der Waals surface area contributed by atoms with Crippen molar-refractivity contribution in [1.82, 2.24) is 4.98 Å². The highest BCUT2D eigenvalue weighted by atomic mass is 32.1. The van der Waals surface area contributed by atoms with Gasteiger partial charge in [-0.2, -0.15) is 0 Å². The van der Waals surface area contributed by atoms with E-state index in [4.69, 9.17) is 15.7 Å². The number of carbonyl (C=O) groups is 1. The lowest BCUT2D eigenvalue weighted by atomic mass is 10.2. The molecule has 18 heavy (non-hydrogen) atoms. The van der Waals surface area contributed by atoms with E-state index in [1.807, 2.05) is 6.92 Å². The molecule has 2 rings (SSSR count). The second kappa shape index (κ2) is 5.34. The molecule has 6 nitrogen and oxygen atoms in total. The molecule has 1 heterocycles. The summed E-state index contributed by atoms with van der Waals surface area (Å²) in [6.45, 7) is 2.00. The summed E-state index contributed by atoms with van der Waals surface area (Å²) in [7, 11) is 0. The van der Waals surface area contributed by atoms with Gasteiger partial charge in [-0.15, -0.1) is 11.3 Å². The first-order valence-electron chi connectivity index (χ1n) is 5.80. The van der Waals surface area contributed by atoms with Gasteiger partial charge in [0.15, 0.2) is 5.13 Å². The maximum atomic E-state index is 11.1. The maximum absolute atomic E-state index is 11.1. The predicted molar refractivity (Wildman–Crippen MR) is 68.6 cm³/mol. The van der Waals surface area contributed by atoms with Crippen LogP contribution in [0.5, 0.6) is 0 Å². The Labute approximate surface area is 108 Å².